The molecule has 7 nitrogen and oxygen atoms in total. The Balaban J connectivity index is 0.000000305. The van der Waals surface area contributed by atoms with Crippen LogP contribution in [-0.4, -0.2) is 20.7 Å². The summed E-state index contributed by atoms with van der Waals surface area (Å²) in [5.41, 5.74) is 19.0. The summed E-state index contributed by atoms with van der Waals surface area (Å²) in [4.78, 5) is 26.8. The zero-order valence-electron chi connectivity index (χ0n) is 47.5. The first-order valence-corrected chi connectivity index (χ1v) is 29.0. The number of allylic oxidation sites excluding steroid dienone is 5. The molecular formula is C74H67N7S. The first-order valence-electron chi connectivity index (χ1n) is 28.2. The van der Waals surface area contributed by atoms with Gasteiger partial charge in [-0.1, -0.05) is 234 Å². The maximum atomic E-state index is 5.08. The Morgan fingerprint density at radius 1 is 0.488 bits per heavy atom. The summed E-state index contributed by atoms with van der Waals surface area (Å²) in [5.74, 6) is 2.20. The molecule has 1 N–H and O–H groups in total. The van der Waals surface area contributed by atoms with Crippen molar-refractivity contribution in [3.63, 3.8) is 0 Å². The number of aromatic nitrogens is 3. The second-order valence-corrected chi connectivity index (χ2v) is 20.4. The van der Waals surface area contributed by atoms with Crippen LogP contribution in [0.1, 0.15) is 76.4 Å². The maximum absolute atomic E-state index is 5.08. The van der Waals surface area contributed by atoms with Crippen LogP contribution in [0.3, 0.4) is 0 Å². The lowest BCUT2D eigenvalue weighted by Gasteiger charge is -2.38. The van der Waals surface area contributed by atoms with Gasteiger partial charge < -0.3 is 15.1 Å². The van der Waals surface area contributed by atoms with Crippen molar-refractivity contribution < 1.29 is 0 Å². The van der Waals surface area contributed by atoms with Crippen molar-refractivity contribution in [3.8, 4) is 33.9 Å². The highest BCUT2D eigenvalue weighted by Gasteiger charge is 2.32. The van der Waals surface area contributed by atoms with Crippen molar-refractivity contribution in [1.29, 1.82) is 0 Å². The molecule has 0 saturated heterocycles. The van der Waals surface area contributed by atoms with Gasteiger partial charge in [0.1, 0.15) is 5.82 Å². The smallest absolute Gasteiger partial charge is 0.163 e. The molecule has 8 heteroatoms. The molecule has 0 bridgehead atoms. The number of rotatable bonds is 10. The van der Waals surface area contributed by atoms with E-state index < -0.39 is 0 Å². The Hall–Kier alpha value is -9.63. The molecule has 0 spiro atoms. The van der Waals surface area contributed by atoms with Gasteiger partial charge in [-0.3, -0.25) is 4.99 Å². The first-order chi connectivity index (χ1) is 40.3. The molecule has 0 saturated carbocycles. The average molecular weight is 1090 g/mol. The second-order valence-electron chi connectivity index (χ2n) is 19.3. The molecule has 10 aromatic rings. The van der Waals surface area contributed by atoms with E-state index in [1.807, 2.05) is 113 Å². The van der Waals surface area contributed by atoms with E-state index in [0.717, 1.165) is 114 Å². The van der Waals surface area contributed by atoms with Gasteiger partial charge in [-0.25, -0.2) is 15.0 Å². The van der Waals surface area contributed by atoms with Crippen molar-refractivity contribution >= 4 is 74.2 Å². The molecule has 1 atom stereocenters. The number of nitrogens with zero attached hydrogens (tertiary/aromatic N) is 6. The number of benzene rings is 9. The van der Waals surface area contributed by atoms with E-state index in [9.17, 15) is 0 Å². The average Bonchev–Trinajstić information content (AvgIpc) is 2.32. The zero-order valence-corrected chi connectivity index (χ0v) is 48.3. The lowest BCUT2D eigenvalue weighted by atomic mass is 9.95. The largest absolute Gasteiger partial charge is 0.352 e. The van der Waals surface area contributed by atoms with Gasteiger partial charge in [0.15, 0.2) is 11.6 Å². The first kappa shape index (κ1) is 55.7. The Bertz CT molecular complexity index is 3940. The summed E-state index contributed by atoms with van der Waals surface area (Å²) in [5, 5.41) is 3.78. The number of para-hydroxylation sites is 5. The van der Waals surface area contributed by atoms with E-state index in [2.05, 4.69) is 222 Å². The molecule has 1 aliphatic carbocycles. The van der Waals surface area contributed by atoms with Gasteiger partial charge in [0.05, 0.1) is 39.8 Å². The summed E-state index contributed by atoms with van der Waals surface area (Å²) >= 11 is 1.82. The second kappa shape index (κ2) is 26.1. The molecular weight excluding hydrogens is 1020 g/mol. The van der Waals surface area contributed by atoms with E-state index in [4.69, 9.17) is 15.0 Å². The predicted molar refractivity (Wildman–Crippen MR) is 350 cm³/mol. The van der Waals surface area contributed by atoms with Gasteiger partial charge in [-0.2, -0.15) is 0 Å². The lowest BCUT2D eigenvalue weighted by molar-refractivity contribution is 0.764. The summed E-state index contributed by atoms with van der Waals surface area (Å²) in [6.07, 6.45) is 9.36. The molecule has 0 amide bonds. The molecule has 13 rings (SSSR count). The third-order valence-electron chi connectivity index (χ3n) is 14.1. The summed E-state index contributed by atoms with van der Waals surface area (Å²) in [7, 11) is 0. The number of hydrogen-bond acceptors (Lipinski definition) is 8. The van der Waals surface area contributed by atoms with Crippen LogP contribution in [0.5, 0.6) is 0 Å². The van der Waals surface area contributed by atoms with Gasteiger partial charge in [0, 0.05) is 55.0 Å². The molecule has 0 radical (unpaired) electrons. The fraction of sp³-hybridized carbons (Fsp3) is 0.108. The lowest BCUT2D eigenvalue weighted by Crippen LogP contribution is -2.20. The molecule has 1 unspecified atom stereocenters. The van der Waals surface area contributed by atoms with Gasteiger partial charge in [0.25, 0.3) is 0 Å². The molecule has 0 fully saturated rings. The third kappa shape index (κ3) is 11.9. The molecule has 9 aromatic carbocycles. The topological polar surface area (TPSA) is 69.5 Å². The van der Waals surface area contributed by atoms with Crippen molar-refractivity contribution in [1.82, 2.24) is 15.0 Å². The standard InChI is InChI=1S/C54H40N6S.C16H15N.2C2H6/c1-35(2)36-27-31-40(32-28-36)59-46-23-10-9-21-44(46)55-45-22-13-19-42(50(45)59)43-20-14-26-49-51(43)60(47-24-11-12-25-48(47)61-49)41-33-29-39(30-34-41)54-57-52(37-15-5-3-6-16-37)56-53(58-54)38-17-7-4-8-18-38;1-13(15-9-5-3-6-10-15)17-14(2)16-11-7-4-8-12-16;2*1-2/h3-17,19-34,38,55H,1,18H2,2H3;3-12H,1H2,2H3;2*1-2H3. The van der Waals surface area contributed by atoms with Crippen LogP contribution in [0.2, 0.25) is 0 Å². The monoisotopic (exact) mass is 1090 g/mol. The maximum Gasteiger partial charge on any atom is 0.163 e. The Morgan fingerprint density at radius 2 is 1.01 bits per heavy atom. The van der Waals surface area contributed by atoms with Crippen molar-refractivity contribution in [3.05, 3.63) is 284 Å². The fourth-order valence-corrected chi connectivity index (χ4v) is 11.3. The van der Waals surface area contributed by atoms with Crippen molar-refractivity contribution in [2.75, 3.05) is 15.1 Å². The van der Waals surface area contributed by atoms with Gasteiger partial charge >= 0.3 is 0 Å². The molecule has 1 aromatic heterocycles. The number of aliphatic imine (C=N–C) groups is 1. The zero-order chi connectivity index (χ0) is 57.0. The van der Waals surface area contributed by atoms with Crippen molar-refractivity contribution in [2.24, 2.45) is 4.99 Å². The van der Waals surface area contributed by atoms with E-state index in [0.29, 0.717) is 11.6 Å². The summed E-state index contributed by atoms with van der Waals surface area (Å²) in [6.45, 7) is 20.3. The van der Waals surface area contributed by atoms with E-state index in [1.165, 1.54) is 9.79 Å². The normalized spacial score (nSPS) is 13.4. The van der Waals surface area contributed by atoms with E-state index in [1.54, 1.807) is 0 Å². The van der Waals surface area contributed by atoms with Crippen LogP contribution in [0, 0.1) is 0 Å². The minimum Gasteiger partial charge on any atom is -0.352 e. The minimum absolute atomic E-state index is 0.0878. The Labute approximate surface area is 488 Å². The molecule has 82 heavy (non-hydrogen) atoms. The number of nitrogens with one attached hydrogen (secondary N) is 1. The van der Waals surface area contributed by atoms with Crippen LogP contribution in [-0.2, 0) is 0 Å². The molecule has 404 valence electrons. The van der Waals surface area contributed by atoms with Gasteiger partial charge in [-0.15, -0.1) is 0 Å². The summed E-state index contributed by atoms with van der Waals surface area (Å²) in [6, 6.07) is 78.3. The predicted octanol–water partition coefficient (Wildman–Crippen LogP) is 21.2. The SMILES string of the molecule is C=C(C)c1ccc(N2c3ccccc3Nc3cccc(-c4cccc5c4N(c4ccc(-c6nc(-c7ccccc7)nc(C7C=CC=CC7)n6)cc4)c4ccccc4S5)c32)cc1.C=C(N=C(C)c1ccccc1)c1ccccc1.CC.CC. The minimum atomic E-state index is 0.0878. The quantitative estimate of drug-likeness (QED) is 0.137. The van der Waals surface area contributed by atoms with Gasteiger partial charge in [-0.05, 0) is 110 Å². The number of hydrogen-bond donors (Lipinski definition) is 1. The molecule has 3 heterocycles. The molecule has 3 aliphatic rings. The highest BCUT2D eigenvalue weighted by molar-refractivity contribution is 7.99. The van der Waals surface area contributed by atoms with E-state index >= 15 is 0 Å². The van der Waals surface area contributed by atoms with Crippen LogP contribution in [0.25, 0.3) is 45.2 Å². The number of anilines is 8. The van der Waals surface area contributed by atoms with Gasteiger partial charge in [0.2, 0.25) is 0 Å². The molecule has 2 aliphatic heterocycles. The van der Waals surface area contributed by atoms with Crippen LogP contribution < -0.4 is 15.1 Å². The highest BCUT2D eigenvalue weighted by Crippen LogP contribution is 2.58. The Kier molecular flexibility index (Phi) is 17.7. The highest BCUT2D eigenvalue weighted by atomic mass is 32.2. The van der Waals surface area contributed by atoms with Crippen LogP contribution >= 0.6 is 11.8 Å². The van der Waals surface area contributed by atoms with Crippen molar-refractivity contribution in [2.45, 2.75) is 63.7 Å². The van der Waals surface area contributed by atoms with Crippen LogP contribution in [0.15, 0.2) is 277 Å². The fourth-order valence-electron chi connectivity index (χ4n) is 10.2. The Morgan fingerprint density at radius 3 is 1.66 bits per heavy atom. The van der Waals surface area contributed by atoms with E-state index in [-0.39, 0.29) is 5.92 Å². The third-order valence-corrected chi connectivity index (χ3v) is 15.2. The number of fused-ring (bicyclic) bond motifs is 4. The van der Waals surface area contributed by atoms with Crippen LogP contribution in [0.4, 0.5) is 45.5 Å². The summed E-state index contributed by atoms with van der Waals surface area (Å²) < 4.78 is 0.